The molecule has 0 spiro atoms. The van der Waals surface area contributed by atoms with Gasteiger partial charge in [0.1, 0.15) is 11.8 Å². The average Bonchev–Trinajstić information content (AvgIpc) is 2.90. The van der Waals surface area contributed by atoms with Gasteiger partial charge in [-0.3, -0.25) is 4.79 Å². The summed E-state index contributed by atoms with van der Waals surface area (Å²) in [5.74, 6) is 0.164. The van der Waals surface area contributed by atoms with E-state index in [9.17, 15) is 9.59 Å². The highest BCUT2D eigenvalue weighted by molar-refractivity contribution is 9.10. The van der Waals surface area contributed by atoms with Crippen LogP contribution in [0.1, 0.15) is 31.0 Å². The predicted octanol–water partition coefficient (Wildman–Crippen LogP) is 3.25. The third-order valence-electron chi connectivity index (χ3n) is 5.29. The molecule has 0 bridgehead atoms. The molecule has 3 rings (SSSR count). The molecule has 2 aromatic carbocycles. The van der Waals surface area contributed by atoms with Crippen molar-refractivity contribution in [3.8, 4) is 23.3 Å². The Labute approximate surface area is 239 Å². The van der Waals surface area contributed by atoms with Crippen LogP contribution in [0.2, 0.25) is 0 Å². The van der Waals surface area contributed by atoms with Crippen LogP contribution < -0.4 is 30.3 Å². The van der Waals surface area contributed by atoms with E-state index in [1.807, 2.05) is 6.07 Å². The SMILES string of the molecule is CCOC(=O)C1=C(C)NC(=S)N[C@H]1c1ccccc1OCC(=O)NN=Cc1cc(Br)c(OCC#N)c(OC)c1. The minimum Gasteiger partial charge on any atom is -0.493 e. The second-order valence-electron chi connectivity index (χ2n) is 7.89. The van der Waals surface area contributed by atoms with Gasteiger partial charge in [-0.15, -0.1) is 0 Å². The largest absolute Gasteiger partial charge is 0.493 e. The quantitative estimate of drug-likeness (QED) is 0.149. The number of methoxy groups -OCH3 is 1. The summed E-state index contributed by atoms with van der Waals surface area (Å²) in [5.41, 5.74) is 4.55. The summed E-state index contributed by atoms with van der Waals surface area (Å²) in [5, 5.41) is 19.1. The second-order valence-corrected chi connectivity index (χ2v) is 9.15. The van der Waals surface area contributed by atoms with E-state index < -0.39 is 17.9 Å². The molecule has 0 fully saturated rings. The number of carbonyl (C=O) groups excluding carboxylic acids is 2. The lowest BCUT2D eigenvalue weighted by atomic mass is 9.95. The second kappa shape index (κ2) is 14.1. The summed E-state index contributed by atoms with van der Waals surface area (Å²) in [4.78, 5) is 25.1. The van der Waals surface area contributed by atoms with Crippen LogP contribution in [-0.2, 0) is 14.3 Å². The van der Waals surface area contributed by atoms with Gasteiger partial charge in [0.15, 0.2) is 29.8 Å². The molecule has 11 nitrogen and oxygen atoms in total. The van der Waals surface area contributed by atoms with Crippen molar-refractivity contribution in [1.29, 1.82) is 5.26 Å². The van der Waals surface area contributed by atoms with Gasteiger partial charge in [-0.1, -0.05) is 18.2 Å². The summed E-state index contributed by atoms with van der Waals surface area (Å²) in [6.07, 6.45) is 1.42. The lowest BCUT2D eigenvalue weighted by Crippen LogP contribution is -2.45. The van der Waals surface area contributed by atoms with Crippen molar-refractivity contribution in [2.24, 2.45) is 5.10 Å². The molecular weight excluding hydrogens is 590 g/mol. The Hall–Kier alpha value is -4.15. The molecule has 0 aliphatic carbocycles. The monoisotopic (exact) mass is 615 g/mol. The molecule has 0 saturated heterocycles. The summed E-state index contributed by atoms with van der Waals surface area (Å²) in [6, 6.07) is 11.6. The van der Waals surface area contributed by atoms with E-state index in [-0.39, 0.29) is 19.8 Å². The number of rotatable bonds is 11. The maximum absolute atomic E-state index is 12.7. The number of amides is 1. The first-order chi connectivity index (χ1) is 18.8. The number of allylic oxidation sites excluding steroid dienone is 1. The number of nitrogens with one attached hydrogen (secondary N) is 3. The number of halogens is 1. The van der Waals surface area contributed by atoms with Crippen LogP contribution >= 0.6 is 28.1 Å². The number of carbonyl (C=O) groups is 2. The van der Waals surface area contributed by atoms with Crippen LogP contribution in [0.15, 0.2) is 57.2 Å². The highest BCUT2D eigenvalue weighted by Gasteiger charge is 2.32. The lowest BCUT2D eigenvalue weighted by molar-refractivity contribution is -0.139. The van der Waals surface area contributed by atoms with E-state index in [0.29, 0.717) is 49.2 Å². The molecule has 0 aromatic heterocycles. The molecule has 1 aliphatic heterocycles. The predicted molar refractivity (Wildman–Crippen MR) is 150 cm³/mol. The van der Waals surface area contributed by atoms with E-state index >= 15 is 0 Å². The Balaban J connectivity index is 1.69. The number of nitriles is 1. The smallest absolute Gasteiger partial charge is 0.338 e. The first-order valence-electron chi connectivity index (χ1n) is 11.6. The molecule has 204 valence electrons. The number of para-hydroxylation sites is 1. The maximum atomic E-state index is 12.7. The minimum absolute atomic E-state index is 0.137. The fraction of sp³-hybridized carbons (Fsp3) is 0.269. The summed E-state index contributed by atoms with van der Waals surface area (Å²) in [7, 11) is 1.47. The molecule has 13 heteroatoms. The Bertz CT molecular complexity index is 1360. The zero-order valence-corrected chi connectivity index (χ0v) is 23.8. The Morgan fingerprint density at radius 1 is 1.26 bits per heavy atom. The van der Waals surface area contributed by atoms with Crippen molar-refractivity contribution in [1.82, 2.24) is 16.1 Å². The van der Waals surface area contributed by atoms with Crippen LogP contribution in [0.3, 0.4) is 0 Å². The fourth-order valence-corrected chi connectivity index (χ4v) is 4.52. The lowest BCUT2D eigenvalue weighted by Gasteiger charge is -2.30. The van der Waals surface area contributed by atoms with E-state index in [0.717, 1.165) is 0 Å². The zero-order chi connectivity index (χ0) is 28.4. The summed E-state index contributed by atoms with van der Waals surface area (Å²) < 4.78 is 22.3. The number of ether oxygens (including phenoxy) is 4. The van der Waals surface area contributed by atoms with Gasteiger partial charge < -0.3 is 29.6 Å². The van der Waals surface area contributed by atoms with Crippen molar-refractivity contribution >= 4 is 51.4 Å². The van der Waals surface area contributed by atoms with Gasteiger partial charge in [0.25, 0.3) is 5.91 Å². The molecule has 2 aromatic rings. The molecule has 1 atom stereocenters. The Morgan fingerprint density at radius 3 is 2.74 bits per heavy atom. The highest BCUT2D eigenvalue weighted by Crippen LogP contribution is 2.36. The van der Waals surface area contributed by atoms with Gasteiger partial charge in [0.05, 0.1) is 36.0 Å². The van der Waals surface area contributed by atoms with E-state index in [1.165, 1.54) is 13.3 Å². The molecule has 0 saturated carbocycles. The maximum Gasteiger partial charge on any atom is 0.338 e. The molecule has 0 unspecified atom stereocenters. The number of thiocarbonyl (C=S) groups is 1. The van der Waals surface area contributed by atoms with E-state index in [2.05, 4.69) is 37.1 Å². The number of hydrogen-bond acceptors (Lipinski definition) is 9. The first kappa shape index (κ1) is 29.4. The van der Waals surface area contributed by atoms with Gasteiger partial charge in [-0.05, 0) is 65.8 Å². The minimum atomic E-state index is -0.636. The number of nitrogens with zero attached hydrogens (tertiary/aromatic N) is 2. The molecule has 39 heavy (non-hydrogen) atoms. The fourth-order valence-electron chi connectivity index (χ4n) is 3.67. The zero-order valence-electron chi connectivity index (χ0n) is 21.4. The van der Waals surface area contributed by atoms with Crippen LogP contribution in [0, 0.1) is 11.3 Å². The van der Waals surface area contributed by atoms with Crippen LogP contribution in [0.4, 0.5) is 0 Å². The van der Waals surface area contributed by atoms with Crippen molar-refractivity contribution in [2.75, 3.05) is 26.9 Å². The average molecular weight is 616 g/mol. The van der Waals surface area contributed by atoms with Crippen molar-refractivity contribution in [3.63, 3.8) is 0 Å². The van der Waals surface area contributed by atoms with Gasteiger partial charge >= 0.3 is 5.97 Å². The molecular formula is C26H26BrN5O6S. The Morgan fingerprint density at radius 2 is 2.03 bits per heavy atom. The number of hydrazone groups is 1. The van der Waals surface area contributed by atoms with Crippen molar-refractivity contribution in [2.45, 2.75) is 19.9 Å². The molecule has 1 amide bonds. The highest BCUT2D eigenvalue weighted by atomic mass is 79.9. The van der Waals surface area contributed by atoms with E-state index in [1.54, 1.807) is 50.2 Å². The molecule has 1 aliphatic rings. The normalized spacial score (nSPS) is 14.6. The standard InChI is InChI=1S/C26H26BrN5O6S/c1-4-36-25(34)22-15(2)30-26(39)31-23(22)17-7-5-6-8-19(17)38-14-21(33)32-29-13-16-11-18(27)24(37-10-9-28)20(12-16)35-3/h5-8,11-13,23H,4,10,14H2,1-3H3,(H,32,33)(H2,30,31,39)/t23-/m0/s1. The van der Waals surface area contributed by atoms with Crippen LogP contribution in [-0.4, -0.2) is 50.1 Å². The number of hydrogen-bond donors (Lipinski definition) is 3. The van der Waals surface area contributed by atoms with Crippen molar-refractivity contribution < 1.29 is 28.5 Å². The van der Waals surface area contributed by atoms with Crippen LogP contribution in [0.5, 0.6) is 17.2 Å². The summed E-state index contributed by atoms with van der Waals surface area (Å²) >= 11 is 8.67. The third kappa shape index (κ3) is 7.68. The van der Waals surface area contributed by atoms with Gasteiger partial charge in [0, 0.05) is 11.3 Å². The van der Waals surface area contributed by atoms with Gasteiger partial charge in [-0.25, -0.2) is 10.2 Å². The number of benzene rings is 2. The topological polar surface area (TPSA) is 143 Å². The van der Waals surface area contributed by atoms with E-state index in [4.69, 9.17) is 36.4 Å². The Kier molecular flexibility index (Phi) is 10.7. The van der Waals surface area contributed by atoms with Gasteiger partial charge in [0.2, 0.25) is 0 Å². The summed E-state index contributed by atoms with van der Waals surface area (Å²) in [6.45, 7) is 3.21. The molecule has 0 radical (unpaired) electrons. The van der Waals surface area contributed by atoms with Crippen LogP contribution in [0.25, 0.3) is 0 Å². The molecule has 1 heterocycles. The third-order valence-corrected chi connectivity index (χ3v) is 6.10. The van der Waals surface area contributed by atoms with Gasteiger partial charge in [-0.2, -0.15) is 10.4 Å². The number of esters is 1. The molecule has 3 N–H and O–H groups in total. The first-order valence-corrected chi connectivity index (χ1v) is 12.8. The van der Waals surface area contributed by atoms with Crippen molar-refractivity contribution in [3.05, 3.63) is 63.3 Å².